The summed E-state index contributed by atoms with van der Waals surface area (Å²) in [5, 5.41) is 5.28. The summed E-state index contributed by atoms with van der Waals surface area (Å²) in [6.45, 7) is 2.04. The van der Waals surface area contributed by atoms with Crippen molar-refractivity contribution in [2.45, 2.75) is 6.92 Å². The SMILES string of the molecule is Cc1cc(N)sc1-c1nc(-c2ccccc2)nn1C. The van der Waals surface area contributed by atoms with Crippen LogP contribution in [0.5, 0.6) is 0 Å². The van der Waals surface area contributed by atoms with E-state index in [1.807, 2.05) is 50.4 Å². The first-order valence-corrected chi connectivity index (χ1v) is 6.79. The second-order valence-electron chi connectivity index (χ2n) is 4.41. The molecule has 2 aromatic heterocycles. The van der Waals surface area contributed by atoms with E-state index in [9.17, 15) is 0 Å². The molecule has 0 fully saturated rings. The molecule has 2 N–H and O–H groups in total. The molecule has 1 aromatic carbocycles. The predicted octanol–water partition coefficient (Wildman–Crippen LogP) is 3.10. The highest BCUT2D eigenvalue weighted by Gasteiger charge is 2.15. The zero-order valence-electron chi connectivity index (χ0n) is 10.8. The van der Waals surface area contributed by atoms with E-state index in [0.29, 0.717) is 0 Å². The summed E-state index contributed by atoms with van der Waals surface area (Å²) in [6, 6.07) is 11.9. The number of nitrogens with zero attached hydrogens (tertiary/aromatic N) is 3. The molecule has 2 heterocycles. The predicted molar refractivity (Wildman–Crippen MR) is 78.9 cm³/mol. The molecule has 0 spiro atoms. The van der Waals surface area contributed by atoms with Gasteiger partial charge in [-0.1, -0.05) is 30.3 Å². The van der Waals surface area contributed by atoms with Gasteiger partial charge in [0.1, 0.15) is 0 Å². The Bertz CT molecular complexity index is 712. The maximum Gasteiger partial charge on any atom is 0.181 e. The van der Waals surface area contributed by atoms with E-state index in [2.05, 4.69) is 10.1 Å². The fraction of sp³-hybridized carbons (Fsp3) is 0.143. The molecule has 0 aliphatic heterocycles. The second kappa shape index (κ2) is 4.51. The highest BCUT2D eigenvalue weighted by molar-refractivity contribution is 7.19. The first kappa shape index (κ1) is 11.9. The molecule has 5 heteroatoms. The van der Waals surface area contributed by atoms with Crippen molar-refractivity contribution in [2.75, 3.05) is 5.73 Å². The number of aryl methyl sites for hydroxylation is 2. The Balaban J connectivity index is 2.10. The van der Waals surface area contributed by atoms with E-state index in [0.717, 1.165) is 32.7 Å². The molecule has 0 amide bonds. The molecule has 0 bridgehead atoms. The zero-order chi connectivity index (χ0) is 13.4. The highest BCUT2D eigenvalue weighted by atomic mass is 32.1. The fourth-order valence-corrected chi connectivity index (χ4v) is 2.98. The van der Waals surface area contributed by atoms with Gasteiger partial charge in [-0.15, -0.1) is 11.3 Å². The lowest BCUT2D eigenvalue weighted by molar-refractivity contribution is 0.778. The lowest BCUT2D eigenvalue weighted by atomic mass is 10.2. The summed E-state index contributed by atoms with van der Waals surface area (Å²) in [4.78, 5) is 5.71. The van der Waals surface area contributed by atoms with Crippen LogP contribution in [0.1, 0.15) is 5.56 Å². The summed E-state index contributed by atoms with van der Waals surface area (Å²) >= 11 is 1.54. The van der Waals surface area contributed by atoms with Crippen LogP contribution in [-0.4, -0.2) is 14.8 Å². The summed E-state index contributed by atoms with van der Waals surface area (Å²) < 4.78 is 1.81. The molecular formula is C14H14N4S. The minimum absolute atomic E-state index is 0.740. The van der Waals surface area contributed by atoms with Gasteiger partial charge in [-0.25, -0.2) is 9.67 Å². The Morgan fingerprint density at radius 1 is 1.21 bits per heavy atom. The number of nitrogen functional groups attached to an aromatic ring is 1. The lowest BCUT2D eigenvalue weighted by Gasteiger charge is -1.96. The smallest absolute Gasteiger partial charge is 0.181 e. The van der Waals surface area contributed by atoms with Crippen LogP contribution in [0.25, 0.3) is 22.1 Å². The van der Waals surface area contributed by atoms with Crippen molar-refractivity contribution >= 4 is 16.3 Å². The number of benzene rings is 1. The molecule has 3 aromatic rings. The molecule has 19 heavy (non-hydrogen) atoms. The number of nitrogens with two attached hydrogens (primary N) is 1. The summed E-state index contributed by atoms with van der Waals surface area (Å²) in [6.07, 6.45) is 0. The van der Waals surface area contributed by atoms with Crippen molar-refractivity contribution in [2.24, 2.45) is 7.05 Å². The Labute approximate surface area is 115 Å². The van der Waals surface area contributed by atoms with E-state index in [-0.39, 0.29) is 0 Å². The van der Waals surface area contributed by atoms with E-state index in [1.165, 1.54) is 0 Å². The van der Waals surface area contributed by atoms with Crippen LogP contribution in [0.15, 0.2) is 36.4 Å². The van der Waals surface area contributed by atoms with Gasteiger partial charge in [0.05, 0.1) is 9.88 Å². The van der Waals surface area contributed by atoms with Crippen LogP contribution in [0.2, 0.25) is 0 Å². The van der Waals surface area contributed by atoms with E-state index in [4.69, 9.17) is 5.73 Å². The molecule has 0 saturated heterocycles. The van der Waals surface area contributed by atoms with E-state index >= 15 is 0 Å². The fourth-order valence-electron chi connectivity index (χ4n) is 2.02. The van der Waals surface area contributed by atoms with E-state index < -0.39 is 0 Å². The Kier molecular flexibility index (Phi) is 2.83. The van der Waals surface area contributed by atoms with Crippen molar-refractivity contribution in [1.82, 2.24) is 14.8 Å². The average Bonchev–Trinajstić information content (AvgIpc) is 2.93. The molecule has 4 nitrogen and oxygen atoms in total. The van der Waals surface area contributed by atoms with Crippen molar-refractivity contribution in [3.63, 3.8) is 0 Å². The van der Waals surface area contributed by atoms with Crippen molar-refractivity contribution in [3.05, 3.63) is 42.0 Å². The largest absolute Gasteiger partial charge is 0.391 e. The van der Waals surface area contributed by atoms with Gasteiger partial charge in [0.2, 0.25) is 0 Å². The standard InChI is InChI=1S/C14H14N4S/c1-9-8-11(15)19-12(9)14-16-13(17-18(14)2)10-6-4-3-5-7-10/h3-8H,15H2,1-2H3. The number of hydrogen-bond donors (Lipinski definition) is 1. The third kappa shape index (κ3) is 2.13. The number of hydrogen-bond acceptors (Lipinski definition) is 4. The Hall–Kier alpha value is -2.14. The van der Waals surface area contributed by atoms with Crippen molar-refractivity contribution in [1.29, 1.82) is 0 Å². The van der Waals surface area contributed by atoms with Gasteiger partial charge in [-0.05, 0) is 18.6 Å². The van der Waals surface area contributed by atoms with Crippen molar-refractivity contribution < 1.29 is 0 Å². The quantitative estimate of drug-likeness (QED) is 0.778. The summed E-state index contributed by atoms with van der Waals surface area (Å²) in [7, 11) is 1.91. The molecule has 0 aliphatic rings. The lowest BCUT2D eigenvalue weighted by Crippen LogP contribution is -1.93. The maximum atomic E-state index is 5.85. The average molecular weight is 270 g/mol. The number of rotatable bonds is 2. The highest BCUT2D eigenvalue weighted by Crippen LogP contribution is 2.33. The molecule has 0 radical (unpaired) electrons. The van der Waals surface area contributed by atoms with Crippen LogP contribution < -0.4 is 5.73 Å². The number of thiophene rings is 1. The molecule has 0 unspecified atom stereocenters. The maximum absolute atomic E-state index is 5.85. The van der Waals surface area contributed by atoms with Gasteiger partial charge >= 0.3 is 0 Å². The summed E-state index contributed by atoms with van der Waals surface area (Å²) in [5.74, 6) is 1.60. The first-order chi connectivity index (χ1) is 9.15. The van der Waals surface area contributed by atoms with Gasteiger partial charge in [0.25, 0.3) is 0 Å². The van der Waals surface area contributed by atoms with Crippen LogP contribution in [0.4, 0.5) is 5.00 Å². The molecule has 0 saturated carbocycles. The topological polar surface area (TPSA) is 56.7 Å². The number of anilines is 1. The van der Waals surface area contributed by atoms with Gasteiger partial charge in [0, 0.05) is 12.6 Å². The molecular weight excluding hydrogens is 256 g/mol. The Morgan fingerprint density at radius 2 is 1.95 bits per heavy atom. The normalized spacial score (nSPS) is 10.8. The molecule has 0 aliphatic carbocycles. The molecule has 3 rings (SSSR count). The third-order valence-electron chi connectivity index (χ3n) is 2.93. The molecule has 0 atom stereocenters. The molecule has 96 valence electrons. The van der Waals surface area contributed by atoms with E-state index in [1.54, 1.807) is 16.0 Å². The number of aromatic nitrogens is 3. The van der Waals surface area contributed by atoms with Crippen molar-refractivity contribution in [3.8, 4) is 22.1 Å². The third-order valence-corrected chi connectivity index (χ3v) is 4.00. The Morgan fingerprint density at radius 3 is 2.58 bits per heavy atom. The van der Waals surface area contributed by atoms with Crippen LogP contribution in [0, 0.1) is 6.92 Å². The van der Waals surface area contributed by atoms with Gasteiger partial charge in [0.15, 0.2) is 11.6 Å². The van der Waals surface area contributed by atoms with Crippen LogP contribution in [0.3, 0.4) is 0 Å². The van der Waals surface area contributed by atoms with Gasteiger partial charge in [-0.2, -0.15) is 5.10 Å². The second-order valence-corrected chi connectivity index (χ2v) is 5.49. The monoisotopic (exact) mass is 270 g/mol. The summed E-state index contributed by atoms with van der Waals surface area (Å²) in [5.41, 5.74) is 8.00. The minimum atomic E-state index is 0.740. The van der Waals surface area contributed by atoms with Crippen LogP contribution in [-0.2, 0) is 7.05 Å². The zero-order valence-corrected chi connectivity index (χ0v) is 11.6. The first-order valence-electron chi connectivity index (χ1n) is 5.98. The van der Waals surface area contributed by atoms with Crippen LogP contribution >= 0.6 is 11.3 Å². The minimum Gasteiger partial charge on any atom is -0.391 e. The van der Waals surface area contributed by atoms with Gasteiger partial charge < -0.3 is 5.73 Å². The van der Waals surface area contributed by atoms with Gasteiger partial charge in [-0.3, -0.25) is 0 Å².